The van der Waals surface area contributed by atoms with E-state index in [1.807, 2.05) is 30.8 Å². The Morgan fingerprint density at radius 1 is 1.32 bits per heavy atom. The predicted octanol–water partition coefficient (Wildman–Crippen LogP) is 5.18. The van der Waals surface area contributed by atoms with Gasteiger partial charge in [-0.1, -0.05) is 11.6 Å². The molecule has 0 spiro atoms. The third-order valence-corrected chi connectivity index (χ3v) is 6.40. The highest BCUT2D eigenvalue weighted by atomic mass is 35.5. The zero-order valence-corrected chi connectivity index (χ0v) is 16.8. The lowest BCUT2D eigenvalue weighted by atomic mass is 10.1. The zero-order valence-electron chi connectivity index (χ0n) is 13.6. The highest BCUT2D eigenvalue weighted by Gasteiger charge is 2.27. The van der Waals surface area contributed by atoms with E-state index in [9.17, 15) is 4.79 Å². The molecule has 4 nitrogen and oxygen atoms in total. The van der Waals surface area contributed by atoms with E-state index in [0.29, 0.717) is 22.3 Å². The standard InChI is InChI=1S/C17H17ClN2O2S3/c1-2-22-16(21)14-12-7-8-24-9-13(12)25-15(14)20-17(23)19-11-5-3-10(18)4-6-11/h3-6H,2,7-9H2,1H3,(H2,19,20,23). The van der Waals surface area contributed by atoms with Crippen molar-refractivity contribution < 1.29 is 9.53 Å². The SMILES string of the molecule is CCOC(=O)c1c(NC(=S)Nc2ccc(Cl)cc2)sc2c1CCSC2. The van der Waals surface area contributed by atoms with Crippen molar-refractivity contribution in [1.29, 1.82) is 0 Å². The first kappa shape index (κ1) is 18.5. The Hall–Kier alpha value is -1.28. The Morgan fingerprint density at radius 2 is 2.08 bits per heavy atom. The molecule has 0 radical (unpaired) electrons. The number of esters is 1. The molecule has 0 bridgehead atoms. The van der Waals surface area contributed by atoms with Crippen LogP contribution in [0.4, 0.5) is 10.7 Å². The van der Waals surface area contributed by atoms with Gasteiger partial charge in [-0.25, -0.2) is 4.79 Å². The fourth-order valence-electron chi connectivity index (χ4n) is 2.54. The van der Waals surface area contributed by atoms with Crippen molar-refractivity contribution in [3.8, 4) is 0 Å². The van der Waals surface area contributed by atoms with Crippen LogP contribution in [0.1, 0.15) is 27.7 Å². The van der Waals surface area contributed by atoms with Crippen molar-refractivity contribution in [3.63, 3.8) is 0 Å². The summed E-state index contributed by atoms with van der Waals surface area (Å²) >= 11 is 14.7. The second-order valence-electron chi connectivity index (χ2n) is 5.32. The van der Waals surface area contributed by atoms with E-state index in [1.165, 1.54) is 4.88 Å². The number of thioether (sulfide) groups is 1. The number of carbonyl (C=O) groups excluding carboxylic acids is 1. The molecule has 0 aliphatic carbocycles. The summed E-state index contributed by atoms with van der Waals surface area (Å²) in [5, 5.41) is 8.11. The van der Waals surface area contributed by atoms with Crippen LogP contribution >= 0.6 is 46.9 Å². The van der Waals surface area contributed by atoms with Crippen LogP contribution in [0, 0.1) is 0 Å². The Balaban J connectivity index is 1.81. The lowest BCUT2D eigenvalue weighted by Crippen LogP contribution is -2.20. The number of hydrogen-bond acceptors (Lipinski definition) is 5. The fourth-order valence-corrected chi connectivity index (χ4v) is 5.32. The average molecular weight is 413 g/mol. The second-order valence-corrected chi connectivity index (χ2v) is 8.37. The van der Waals surface area contributed by atoms with Gasteiger partial charge in [0.2, 0.25) is 0 Å². The van der Waals surface area contributed by atoms with Gasteiger partial charge in [0.25, 0.3) is 0 Å². The average Bonchev–Trinajstić information content (AvgIpc) is 2.95. The van der Waals surface area contributed by atoms with Crippen LogP contribution < -0.4 is 10.6 Å². The van der Waals surface area contributed by atoms with Gasteiger partial charge in [-0.05, 0) is 61.1 Å². The van der Waals surface area contributed by atoms with Crippen molar-refractivity contribution in [2.24, 2.45) is 0 Å². The van der Waals surface area contributed by atoms with Crippen LogP contribution in [0.5, 0.6) is 0 Å². The Labute approximate surface area is 165 Å². The molecule has 25 heavy (non-hydrogen) atoms. The zero-order chi connectivity index (χ0) is 17.8. The van der Waals surface area contributed by atoms with E-state index in [1.54, 1.807) is 23.5 Å². The quantitative estimate of drug-likeness (QED) is 0.533. The lowest BCUT2D eigenvalue weighted by molar-refractivity contribution is 0.0527. The van der Waals surface area contributed by atoms with Crippen LogP contribution in [0.3, 0.4) is 0 Å². The highest BCUT2D eigenvalue weighted by molar-refractivity contribution is 7.98. The summed E-state index contributed by atoms with van der Waals surface area (Å²) in [7, 11) is 0. The molecule has 1 aromatic carbocycles. The van der Waals surface area contributed by atoms with E-state index in [4.69, 9.17) is 28.6 Å². The highest BCUT2D eigenvalue weighted by Crippen LogP contribution is 2.39. The number of thiophene rings is 1. The van der Waals surface area contributed by atoms with Crippen LogP contribution in [-0.2, 0) is 16.9 Å². The molecule has 2 aromatic rings. The van der Waals surface area contributed by atoms with Crippen molar-refractivity contribution in [1.82, 2.24) is 0 Å². The number of halogens is 1. The molecule has 1 aliphatic rings. The van der Waals surface area contributed by atoms with Gasteiger partial charge in [0.15, 0.2) is 5.11 Å². The number of anilines is 2. The van der Waals surface area contributed by atoms with E-state index >= 15 is 0 Å². The molecule has 2 heterocycles. The van der Waals surface area contributed by atoms with Gasteiger partial charge in [0.1, 0.15) is 5.00 Å². The molecule has 0 amide bonds. The maximum Gasteiger partial charge on any atom is 0.341 e. The number of hydrogen-bond donors (Lipinski definition) is 2. The number of benzene rings is 1. The first-order valence-corrected chi connectivity index (χ1v) is 10.6. The molecule has 0 saturated carbocycles. The summed E-state index contributed by atoms with van der Waals surface area (Å²) in [5.74, 6) is 1.65. The number of carbonyl (C=O) groups is 1. The first-order chi connectivity index (χ1) is 12.1. The van der Waals surface area contributed by atoms with Crippen molar-refractivity contribution in [2.45, 2.75) is 19.1 Å². The minimum absolute atomic E-state index is 0.288. The topological polar surface area (TPSA) is 50.4 Å². The summed E-state index contributed by atoms with van der Waals surface area (Å²) < 4.78 is 5.25. The maximum atomic E-state index is 12.4. The molecule has 0 unspecified atom stereocenters. The van der Waals surface area contributed by atoms with Crippen molar-refractivity contribution in [3.05, 3.63) is 45.3 Å². The number of nitrogens with one attached hydrogen (secondary N) is 2. The fraction of sp³-hybridized carbons (Fsp3) is 0.294. The van der Waals surface area contributed by atoms with Crippen molar-refractivity contribution >= 4 is 68.7 Å². The molecule has 1 aliphatic heterocycles. The second kappa shape index (κ2) is 8.40. The minimum Gasteiger partial charge on any atom is -0.462 e. The third-order valence-electron chi connectivity index (χ3n) is 3.63. The van der Waals surface area contributed by atoms with Gasteiger partial charge in [-0.15, -0.1) is 11.3 Å². The number of ether oxygens (including phenoxy) is 1. The third kappa shape index (κ3) is 4.47. The molecular weight excluding hydrogens is 396 g/mol. The molecule has 0 atom stereocenters. The summed E-state index contributed by atoms with van der Waals surface area (Å²) in [6.45, 7) is 2.16. The Morgan fingerprint density at radius 3 is 2.80 bits per heavy atom. The summed E-state index contributed by atoms with van der Waals surface area (Å²) in [4.78, 5) is 13.7. The molecule has 2 N–H and O–H groups in total. The van der Waals surface area contributed by atoms with Crippen molar-refractivity contribution in [2.75, 3.05) is 23.0 Å². The van der Waals surface area contributed by atoms with Gasteiger partial charge in [0.05, 0.1) is 12.2 Å². The molecule has 0 fully saturated rings. The Kier molecular flexibility index (Phi) is 6.22. The van der Waals surface area contributed by atoms with Crippen LogP contribution in [-0.4, -0.2) is 23.4 Å². The summed E-state index contributed by atoms with van der Waals surface area (Å²) in [6, 6.07) is 7.27. The lowest BCUT2D eigenvalue weighted by Gasteiger charge is -2.13. The molecule has 8 heteroatoms. The van der Waals surface area contributed by atoms with E-state index in [2.05, 4.69) is 10.6 Å². The molecule has 0 saturated heterocycles. The monoisotopic (exact) mass is 412 g/mol. The first-order valence-electron chi connectivity index (χ1n) is 7.81. The number of rotatable bonds is 4. The number of thiocarbonyl (C=S) groups is 1. The van der Waals surface area contributed by atoms with Crippen LogP contribution in [0.25, 0.3) is 0 Å². The van der Waals surface area contributed by atoms with Gasteiger partial charge < -0.3 is 15.4 Å². The van der Waals surface area contributed by atoms with Gasteiger partial charge in [-0.3, -0.25) is 0 Å². The van der Waals surface area contributed by atoms with Gasteiger partial charge in [0, 0.05) is 21.3 Å². The normalized spacial score (nSPS) is 13.0. The summed E-state index contributed by atoms with van der Waals surface area (Å²) in [5.41, 5.74) is 2.55. The van der Waals surface area contributed by atoms with Crippen LogP contribution in [0.2, 0.25) is 5.02 Å². The predicted molar refractivity (Wildman–Crippen MR) is 111 cm³/mol. The van der Waals surface area contributed by atoms with E-state index in [0.717, 1.165) is 34.2 Å². The maximum absolute atomic E-state index is 12.4. The summed E-state index contributed by atoms with van der Waals surface area (Å²) in [6.07, 6.45) is 0.879. The molecule has 1 aromatic heterocycles. The molecular formula is C17H17ClN2O2S3. The smallest absolute Gasteiger partial charge is 0.341 e. The van der Waals surface area contributed by atoms with Gasteiger partial charge >= 0.3 is 5.97 Å². The van der Waals surface area contributed by atoms with E-state index < -0.39 is 0 Å². The van der Waals surface area contributed by atoms with Gasteiger partial charge in [-0.2, -0.15) is 11.8 Å². The molecule has 3 rings (SSSR count). The number of fused-ring (bicyclic) bond motifs is 1. The van der Waals surface area contributed by atoms with E-state index in [-0.39, 0.29) is 5.97 Å². The molecule has 132 valence electrons. The minimum atomic E-state index is -0.288. The van der Waals surface area contributed by atoms with Crippen LogP contribution in [0.15, 0.2) is 24.3 Å². The Bertz CT molecular complexity index is 790. The largest absolute Gasteiger partial charge is 0.462 e.